The zero-order valence-corrected chi connectivity index (χ0v) is 6.04. The van der Waals surface area contributed by atoms with Crippen LogP contribution in [0.25, 0.3) is 0 Å². The van der Waals surface area contributed by atoms with Gasteiger partial charge >= 0.3 is 0 Å². The van der Waals surface area contributed by atoms with E-state index in [2.05, 4.69) is 16.0 Å². The third-order valence-electron chi connectivity index (χ3n) is 0.172. The lowest BCUT2D eigenvalue weighted by Crippen LogP contribution is -1.64. The summed E-state index contributed by atoms with van der Waals surface area (Å²) in [7, 11) is 0.789. The van der Waals surface area contributed by atoms with Crippen LogP contribution in [-0.2, 0) is 0 Å². The smallest absolute Gasteiger partial charge is 0.125 e. The second-order valence-corrected chi connectivity index (χ2v) is 1.76. The van der Waals surface area contributed by atoms with E-state index in [0.717, 1.165) is 9.52 Å². The molecule has 0 nitrogen and oxygen atoms in total. The summed E-state index contributed by atoms with van der Waals surface area (Å²) in [5.74, 6) is 0. The molecule has 0 heterocycles. The molecule has 0 aliphatic rings. The minimum absolute atomic E-state index is 0.789. The van der Waals surface area contributed by atoms with Crippen LogP contribution in [0.3, 0.4) is 0 Å². The van der Waals surface area contributed by atoms with Crippen LogP contribution in [0, 0.1) is 9.47 Å². The van der Waals surface area contributed by atoms with Gasteiger partial charge in [-0.1, -0.05) is 6.55 Å². The Morgan fingerprint density at radius 1 is 1.80 bits per heavy atom. The van der Waals surface area contributed by atoms with Gasteiger partial charge in [-0.05, 0) is 3.93 Å². The molecule has 0 unspecified atom stereocenters. The first-order chi connectivity index (χ1) is 2.41. The van der Waals surface area contributed by atoms with Gasteiger partial charge < -0.3 is 0 Å². The van der Waals surface area contributed by atoms with Crippen molar-refractivity contribution in [2.45, 2.75) is 6.55 Å². The fourth-order valence-corrected chi connectivity index (χ4v) is 0.951. The van der Waals surface area contributed by atoms with Crippen LogP contribution in [-0.4, -0.2) is 9.52 Å². The van der Waals surface area contributed by atoms with Crippen LogP contribution < -0.4 is 0 Å². The number of hydrogen-bond donors (Lipinski definition) is 0. The first-order valence-electron chi connectivity index (χ1n) is 1.19. The van der Waals surface area contributed by atoms with Crippen molar-refractivity contribution in [3.63, 3.8) is 0 Å². The maximum absolute atomic E-state index is 2.88. The van der Waals surface area contributed by atoms with E-state index in [1.165, 1.54) is 0 Å². The van der Waals surface area contributed by atoms with Crippen LogP contribution in [0.1, 0.15) is 0 Å². The van der Waals surface area contributed by atoms with Gasteiger partial charge in [0.15, 0.2) is 0 Å². The normalized spacial score (nSPS) is 5.20. The third kappa shape index (κ3) is 4.51. The average molecular weight is 194 g/mol. The van der Waals surface area contributed by atoms with Crippen molar-refractivity contribution in [3.8, 4) is 9.47 Å². The highest BCUT2D eigenvalue weighted by atomic mass is 127. The second kappa shape index (κ2) is 4.51. The second-order valence-electron chi connectivity index (χ2n) is 0.469. The molecule has 0 bridgehead atoms. The number of hydrogen-bond acceptors (Lipinski definition) is 0. The quantitative estimate of drug-likeness (QED) is 0.307. The SMILES string of the molecule is C[Si]C#CI. The molecule has 0 amide bonds. The Labute approximate surface area is 48.3 Å². The summed E-state index contributed by atoms with van der Waals surface area (Å²) in [5, 5.41) is 0. The Bertz CT molecular complexity index is 59.0. The molecule has 5 heavy (non-hydrogen) atoms. The van der Waals surface area contributed by atoms with Crippen LogP contribution in [0.4, 0.5) is 0 Å². The molecule has 2 radical (unpaired) electrons. The minimum atomic E-state index is 0.789. The summed E-state index contributed by atoms with van der Waals surface area (Å²) in [6.45, 7) is 2.06. The number of halogens is 1. The Hall–Kier alpha value is 0.507. The molecule has 0 saturated heterocycles. The molecular weight excluding hydrogens is 191 g/mol. The monoisotopic (exact) mass is 194 g/mol. The third-order valence-corrected chi connectivity index (χ3v) is 1.33. The predicted molar refractivity (Wildman–Crippen MR) is 33.4 cm³/mol. The maximum atomic E-state index is 2.88. The van der Waals surface area contributed by atoms with Gasteiger partial charge in [0.05, 0.1) is 0 Å². The van der Waals surface area contributed by atoms with Crippen molar-refractivity contribution >= 4 is 32.1 Å². The van der Waals surface area contributed by atoms with Crippen molar-refractivity contribution < 1.29 is 0 Å². The first kappa shape index (κ1) is 5.51. The van der Waals surface area contributed by atoms with Crippen molar-refractivity contribution in [1.82, 2.24) is 0 Å². The molecular formula is C3H3ISi. The Morgan fingerprint density at radius 3 is 2.40 bits per heavy atom. The fraction of sp³-hybridized carbons (Fsp3) is 0.333. The molecule has 0 aliphatic carbocycles. The van der Waals surface area contributed by atoms with Crippen molar-refractivity contribution in [3.05, 3.63) is 0 Å². The summed E-state index contributed by atoms with van der Waals surface area (Å²) >= 11 is 2.03. The van der Waals surface area contributed by atoms with Crippen LogP contribution in [0.5, 0.6) is 0 Å². The Balaban J connectivity index is 2.81. The lowest BCUT2D eigenvalue weighted by molar-refractivity contribution is 2.32. The topological polar surface area (TPSA) is 0 Å². The molecule has 2 heteroatoms. The van der Waals surface area contributed by atoms with E-state index in [4.69, 9.17) is 0 Å². The van der Waals surface area contributed by atoms with Gasteiger partial charge in [-0.15, -0.1) is 5.54 Å². The summed E-state index contributed by atoms with van der Waals surface area (Å²) in [4.78, 5) is 0. The molecule has 0 aliphatic heterocycles. The Kier molecular flexibility index (Phi) is 4.96. The van der Waals surface area contributed by atoms with E-state index < -0.39 is 0 Å². The van der Waals surface area contributed by atoms with Crippen LogP contribution >= 0.6 is 22.6 Å². The first-order valence-corrected chi connectivity index (χ1v) is 3.77. The van der Waals surface area contributed by atoms with Crippen molar-refractivity contribution in [2.24, 2.45) is 0 Å². The zero-order chi connectivity index (χ0) is 4.12. The largest absolute Gasteiger partial charge is 0.145 e. The molecule has 0 fully saturated rings. The summed E-state index contributed by atoms with van der Waals surface area (Å²) in [5.41, 5.74) is 2.88. The van der Waals surface area contributed by atoms with Gasteiger partial charge in [0.25, 0.3) is 0 Å². The highest BCUT2D eigenvalue weighted by Gasteiger charge is 1.54. The molecule has 0 rings (SSSR count). The van der Waals surface area contributed by atoms with Gasteiger partial charge in [0.2, 0.25) is 0 Å². The van der Waals surface area contributed by atoms with Gasteiger partial charge in [-0.25, -0.2) is 0 Å². The lowest BCUT2D eigenvalue weighted by atomic mass is 11.4. The zero-order valence-electron chi connectivity index (χ0n) is 2.88. The Morgan fingerprint density at radius 2 is 2.40 bits per heavy atom. The van der Waals surface area contributed by atoms with E-state index in [1.54, 1.807) is 0 Å². The van der Waals surface area contributed by atoms with E-state index in [-0.39, 0.29) is 0 Å². The lowest BCUT2D eigenvalue weighted by Gasteiger charge is -1.53. The summed E-state index contributed by atoms with van der Waals surface area (Å²) < 4.78 is 2.75. The molecule has 0 saturated carbocycles. The minimum Gasteiger partial charge on any atom is -0.125 e. The summed E-state index contributed by atoms with van der Waals surface area (Å²) in [6.07, 6.45) is 0. The predicted octanol–water partition coefficient (Wildman–Crippen LogP) is 1.09. The van der Waals surface area contributed by atoms with E-state index in [0.29, 0.717) is 0 Å². The van der Waals surface area contributed by atoms with Gasteiger partial charge in [-0.2, -0.15) is 0 Å². The molecule has 0 aromatic heterocycles. The summed E-state index contributed by atoms with van der Waals surface area (Å²) in [6, 6.07) is 0. The molecule has 0 aromatic carbocycles. The van der Waals surface area contributed by atoms with E-state index in [9.17, 15) is 0 Å². The van der Waals surface area contributed by atoms with Gasteiger partial charge in [0.1, 0.15) is 9.52 Å². The van der Waals surface area contributed by atoms with E-state index >= 15 is 0 Å². The van der Waals surface area contributed by atoms with Gasteiger partial charge in [0, 0.05) is 22.6 Å². The maximum Gasteiger partial charge on any atom is 0.145 e. The standard InChI is InChI=1S/C3H3ISi/c1-5-3-2-4/h1H3. The van der Waals surface area contributed by atoms with Crippen LogP contribution in [0.15, 0.2) is 0 Å². The fourth-order valence-electron chi connectivity index (χ4n) is 0.0472. The highest BCUT2D eigenvalue weighted by Crippen LogP contribution is 1.66. The molecule has 0 atom stereocenters. The average Bonchev–Trinajstić information content (AvgIpc) is 1.41. The van der Waals surface area contributed by atoms with Gasteiger partial charge in [-0.3, -0.25) is 0 Å². The van der Waals surface area contributed by atoms with E-state index in [1.807, 2.05) is 22.6 Å². The van der Waals surface area contributed by atoms with Crippen molar-refractivity contribution in [2.75, 3.05) is 0 Å². The highest BCUT2D eigenvalue weighted by molar-refractivity contribution is 14.1. The van der Waals surface area contributed by atoms with Crippen molar-refractivity contribution in [1.29, 1.82) is 0 Å². The molecule has 0 aromatic rings. The molecule has 26 valence electrons. The number of rotatable bonds is 0. The van der Waals surface area contributed by atoms with Crippen LogP contribution in [0.2, 0.25) is 6.55 Å². The molecule has 0 N–H and O–H groups in total. The molecule has 0 spiro atoms.